The zero-order chi connectivity index (χ0) is 15.2. The van der Waals surface area contributed by atoms with Gasteiger partial charge < -0.3 is 20.1 Å². The maximum atomic E-state index is 11.5. The van der Waals surface area contributed by atoms with Gasteiger partial charge in [0.2, 0.25) is 0 Å². The summed E-state index contributed by atoms with van der Waals surface area (Å²) in [6.45, 7) is 4.10. The number of benzene rings is 1. The molecule has 7 heteroatoms. The zero-order valence-corrected chi connectivity index (χ0v) is 12.1. The van der Waals surface area contributed by atoms with Crippen LogP contribution >= 0.6 is 0 Å². The van der Waals surface area contributed by atoms with Crippen LogP contribution in [0.5, 0.6) is 0 Å². The molecule has 2 rings (SSSR count). The first-order chi connectivity index (χ1) is 10.2. The van der Waals surface area contributed by atoms with E-state index in [1.807, 2.05) is 17.9 Å². The number of para-hydroxylation sites is 1. The molecule has 1 atom stereocenters. The van der Waals surface area contributed by atoms with Gasteiger partial charge >= 0.3 is 5.69 Å². The van der Waals surface area contributed by atoms with Crippen LogP contribution in [0.2, 0.25) is 0 Å². The highest BCUT2D eigenvalue weighted by Crippen LogP contribution is 2.36. The van der Waals surface area contributed by atoms with E-state index in [4.69, 9.17) is 4.74 Å². The molecule has 0 amide bonds. The van der Waals surface area contributed by atoms with E-state index in [-0.39, 0.29) is 23.3 Å². The van der Waals surface area contributed by atoms with Crippen LogP contribution < -0.4 is 10.2 Å². The molecule has 1 aromatic carbocycles. The SMILES string of the molecule is CCCNc1cccc(N2CCOC(CO)C2)c1[N+](=O)[O-]. The van der Waals surface area contributed by atoms with Gasteiger partial charge in [-0.25, -0.2) is 0 Å². The third-order valence-electron chi connectivity index (χ3n) is 3.45. The molecular weight excluding hydrogens is 274 g/mol. The van der Waals surface area contributed by atoms with Gasteiger partial charge in [-0.05, 0) is 18.6 Å². The van der Waals surface area contributed by atoms with Crippen LogP contribution in [-0.4, -0.2) is 49.0 Å². The van der Waals surface area contributed by atoms with Crippen LogP contribution in [-0.2, 0) is 4.74 Å². The highest BCUT2D eigenvalue weighted by molar-refractivity contribution is 5.77. The Morgan fingerprint density at radius 1 is 1.57 bits per heavy atom. The summed E-state index contributed by atoms with van der Waals surface area (Å²) in [5.41, 5.74) is 1.19. The van der Waals surface area contributed by atoms with Crippen molar-refractivity contribution < 1.29 is 14.8 Å². The number of nitrogens with one attached hydrogen (secondary N) is 1. The highest BCUT2D eigenvalue weighted by atomic mass is 16.6. The number of anilines is 2. The van der Waals surface area contributed by atoms with E-state index in [0.717, 1.165) is 6.42 Å². The number of aliphatic hydroxyl groups excluding tert-OH is 1. The topological polar surface area (TPSA) is 87.9 Å². The number of hydrogen-bond acceptors (Lipinski definition) is 6. The fourth-order valence-corrected chi connectivity index (χ4v) is 2.43. The normalized spacial score (nSPS) is 18.6. The van der Waals surface area contributed by atoms with Gasteiger partial charge in [-0.3, -0.25) is 10.1 Å². The molecule has 1 unspecified atom stereocenters. The third kappa shape index (κ3) is 3.62. The lowest BCUT2D eigenvalue weighted by molar-refractivity contribution is -0.383. The van der Waals surface area contributed by atoms with Gasteiger partial charge in [0.25, 0.3) is 0 Å². The lowest BCUT2D eigenvalue weighted by Crippen LogP contribution is -2.44. The molecule has 0 aromatic heterocycles. The summed E-state index contributed by atoms with van der Waals surface area (Å²) >= 11 is 0. The van der Waals surface area contributed by atoms with E-state index in [1.54, 1.807) is 12.1 Å². The maximum Gasteiger partial charge on any atom is 0.315 e. The van der Waals surface area contributed by atoms with Crippen LogP contribution in [0.4, 0.5) is 17.1 Å². The Morgan fingerprint density at radius 2 is 2.38 bits per heavy atom. The minimum atomic E-state index is -0.350. The average molecular weight is 295 g/mol. The van der Waals surface area contributed by atoms with Crippen molar-refractivity contribution in [3.8, 4) is 0 Å². The number of rotatable bonds is 6. The first-order valence-electron chi connectivity index (χ1n) is 7.16. The Balaban J connectivity index is 2.31. The number of nitro groups is 1. The molecule has 0 bridgehead atoms. The van der Waals surface area contributed by atoms with E-state index in [9.17, 15) is 15.2 Å². The molecular formula is C14H21N3O4. The van der Waals surface area contributed by atoms with E-state index in [0.29, 0.717) is 37.6 Å². The average Bonchev–Trinajstić information content (AvgIpc) is 2.52. The van der Waals surface area contributed by atoms with Gasteiger partial charge in [-0.1, -0.05) is 13.0 Å². The summed E-state index contributed by atoms with van der Waals surface area (Å²) < 4.78 is 5.40. The molecule has 2 N–H and O–H groups in total. The molecule has 0 aliphatic carbocycles. The Labute approximate surface area is 123 Å². The van der Waals surface area contributed by atoms with Crippen molar-refractivity contribution in [3.63, 3.8) is 0 Å². The summed E-state index contributed by atoms with van der Waals surface area (Å²) in [6, 6.07) is 5.28. The van der Waals surface area contributed by atoms with Gasteiger partial charge in [0, 0.05) is 19.6 Å². The summed E-state index contributed by atoms with van der Waals surface area (Å²) in [5.74, 6) is 0. The Morgan fingerprint density at radius 3 is 3.05 bits per heavy atom. The Hall–Kier alpha value is -1.86. The van der Waals surface area contributed by atoms with E-state index in [1.165, 1.54) is 0 Å². The fraction of sp³-hybridized carbons (Fsp3) is 0.571. The molecule has 1 aromatic rings. The van der Waals surface area contributed by atoms with Crippen LogP contribution in [0.25, 0.3) is 0 Å². The Kier molecular flexibility index (Phi) is 5.35. The van der Waals surface area contributed by atoms with E-state index < -0.39 is 0 Å². The second-order valence-electron chi connectivity index (χ2n) is 4.98. The predicted molar refractivity (Wildman–Crippen MR) is 80.9 cm³/mol. The van der Waals surface area contributed by atoms with Gasteiger partial charge in [-0.2, -0.15) is 0 Å². The van der Waals surface area contributed by atoms with Crippen LogP contribution in [0, 0.1) is 10.1 Å². The first kappa shape index (κ1) is 15.5. The second kappa shape index (κ2) is 7.24. The van der Waals surface area contributed by atoms with Crippen molar-refractivity contribution >= 4 is 17.1 Å². The second-order valence-corrected chi connectivity index (χ2v) is 4.98. The number of ether oxygens (including phenoxy) is 1. The molecule has 1 heterocycles. The van der Waals surface area contributed by atoms with Crippen molar-refractivity contribution in [2.45, 2.75) is 19.4 Å². The van der Waals surface area contributed by atoms with Crippen molar-refractivity contribution in [1.82, 2.24) is 0 Å². The van der Waals surface area contributed by atoms with E-state index >= 15 is 0 Å². The maximum absolute atomic E-state index is 11.5. The summed E-state index contributed by atoms with van der Waals surface area (Å²) in [5, 5.41) is 23.8. The van der Waals surface area contributed by atoms with Crippen molar-refractivity contribution in [2.75, 3.05) is 43.1 Å². The molecule has 1 aliphatic rings. The number of hydrogen-bond donors (Lipinski definition) is 2. The summed E-state index contributed by atoms with van der Waals surface area (Å²) in [6.07, 6.45) is 0.594. The minimum Gasteiger partial charge on any atom is -0.394 e. The van der Waals surface area contributed by atoms with E-state index in [2.05, 4.69) is 5.32 Å². The monoisotopic (exact) mass is 295 g/mol. The van der Waals surface area contributed by atoms with Crippen LogP contribution in [0.15, 0.2) is 18.2 Å². The molecule has 1 saturated heterocycles. The predicted octanol–water partition coefficient (Wildman–Crippen LogP) is 1.61. The lowest BCUT2D eigenvalue weighted by atomic mass is 10.1. The zero-order valence-electron chi connectivity index (χ0n) is 12.1. The molecule has 7 nitrogen and oxygen atoms in total. The molecule has 0 spiro atoms. The highest BCUT2D eigenvalue weighted by Gasteiger charge is 2.27. The Bertz CT molecular complexity index is 495. The molecule has 21 heavy (non-hydrogen) atoms. The minimum absolute atomic E-state index is 0.0852. The van der Waals surface area contributed by atoms with Crippen LogP contribution in [0.3, 0.4) is 0 Å². The third-order valence-corrected chi connectivity index (χ3v) is 3.45. The fourth-order valence-electron chi connectivity index (χ4n) is 2.43. The number of nitrogens with zero attached hydrogens (tertiary/aromatic N) is 2. The lowest BCUT2D eigenvalue weighted by Gasteiger charge is -2.33. The molecule has 116 valence electrons. The summed E-state index contributed by atoms with van der Waals surface area (Å²) in [4.78, 5) is 13.0. The van der Waals surface area contributed by atoms with Gasteiger partial charge in [0.15, 0.2) is 0 Å². The summed E-state index contributed by atoms with van der Waals surface area (Å²) in [7, 11) is 0. The quantitative estimate of drug-likeness (QED) is 0.612. The smallest absolute Gasteiger partial charge is 0.315 e. The molecule has 1 aliphatic heterocycles. The van der Waals surface area contributed by atoms with Crippen molar-refractivity contribution in [3.05, 3.63) is 28.3 Å². The largest absolute Gasteiger partial charge is 0.394 e. The first-order valence-corrected chi connectivity index (χ1v) is 7.16. The van der Waals surface area contributed by atoms with Crippen molar-refractivity contribution in [2.24, 2.45) is 0 Å². The van der Waals surface area contributed by atoms with Crippen LogP contribution in [0.1, 0.15) is 13.3 Å². The molecule has 1 fully saturated rings. The van der Waals surface area contributed by atoms with Crippen molar-refractivity contribution in [1.29, 1.82) is 0 Å². The standard InChI is InChI=1S/C14H21N3O4/c1-2-6-15-12-4-3-5-13(14(12)17(19)20)16-7-8-21-11(9-16)10-18/h3-5,11,15,18H,2,6-10H2,1H3. The van der Waals surface area contributed by atoms with Gasteiger partial charge in [0.1, 0.15) is 11.4 Å². The molecule has 0 saturated carbocycles. The number of morpholine rings is 1. The number of nitro benzene ring substituents is 1. The number of aliphatic hydroxyl groups is 1. The van der Waals surface area contributed by atoms with Gasteiger partial charge in [-0.15, -0.1) is 0 Å². The molecule has 0 radical (unpaired) electrons. The van der Waals surface area contributed by atoms with Gasteiger partial charge in [0.05, 0.1) is 24.2 Å².